The first-order valence-electron chi connectivity index (χ1n) is 9.72. The number of anilines is 1. The SMILES string of the molecule is CCn1c(SCC(=O)Nc2ccc(C)cc2)nnc1C(C)Oc1cc(C)ccc1Cl. The molecule has 6 nitrogen and oxygen atoms in total. The van der Waals surface area contributed by atoms with E-state index in [2.05, 4.69) is 15.5 Å². The fourth-order valence-electron chi connectivity index (χ4n) is 2.91. The van der Waals surface area contributed by atoms with Crippen molar-refractivity contribution in [1.82, 2.24) is 14.8 Å². The van der Waals surface area contributed by atoms with Gasteiger partial charge in [0.1, 0.15) is 5.75 Å². The van der Waals surface area contributed by atoms with Crippen LogP contribution < -0.4 is 10.1 Å². The smallest absolute Gasteiger partial charge is 0.234 e. The molecule has 0 fully saturated rings. The number of nitrogens with one attached hydrogen (secondary N) is 1. The monoisotopic (exact) mass is 444 g/mol. The van der Waals surface area contributed by atoms with Gasteiger partial charge in [-0.05, 0) is 57.5 Å². The van der Waals surface area contributed by atoms with E-state index in [9.17, 15) is 4.79 Å². The molecule has 0 bridgehead atoms. The molecule has 0 aliphatic carbocycles. The predicted molar refractivity (Wildman–Crippen MR) is 121 cm³/mol. The Morgan fingerprint density at radius 1 is 1.17 bits per heavy atom. The van der Waals surface area contributed by atoms with Gasteiger partial charge in [-0.15, -0.1) is 10.2 Å². The van der Waals surface area contributed by atoms with Crippen molar-refractivity contribution < 1.29 is 9.53 Å². The highest BCUT2D eigenvalue weighted by Crippen LogP contribution is 2.30. The first kappa shape index (κ1) is 22.2. The number of hydrogen-bond donors (Lipinski definition) is 1. The van der Waals surface area contributed by atoms with Crippen molar-refractivity contribution in [3.05, 3.63) is 64.4 Å². The number of rotatable bonds is 8. The summed E-state index contributed by atoms with van der Waals surface area (Å²) in [6.07, 6.45) is -0.340. The summed E-state index contributed by atoms with van der Waals surface area (Å²) >= 11 is 7.60. The lowest BCUT2D eigenvalue weighted by Gasteiger charge is -2.16. The van der Waals surface area contributed by atoms with Crippen LogP contribution in [0.4, 0.5) is 5.69 Å². The van der Waals surface area contributed by atoms with Crippen molar-refractivity contribution in [2.24, 2.45) is 0 Å². The highest BCUT2D eigenvalue weighted by atomic mass is 35.5. The van der Waals surface area contributed by atoms with E-state index in [0.717, 1.165) is 16.8 Å². The number of nitrogens with zero attached hydrogens (tertiary/aromatic N) is 3. The van der Waals surface area contributed by atoms with E-state index in [0.29, 0.717) is 28.3 Å². The molecule has 0 saturated carbocycles. The maximum absolute atomic E-state index is 12.3. The molecule has 0 saturated heterocycles. The van der Waals surface area contributed by atoms with Crippen LogP contribution in [0.25, 0.3) is 0 Å². The number of hydrogen-bond acceptors (Lipinski definition) is 5. The molecule has 1 unspecified atom stereocenters. The van der Waals surface area contributed by atoms with Crippen LogP contribution >= 0.6 is 23.4 Å². The van der Waals surface area contributed by atoms with E-state index >= 15 is 0 Å². The van der Waals surface area contributed by atoms with Crippen LogP contribution in [-0.4, -0.2) is 26.4 Å². The minimum atomic E-state index is -0.340. The molecule has 1 atom stereocenters. The zero-order chi connectivity index (χ0) is 21.7. The van der Waals surface area contributed by atoms with E-state index in [-0.39, 0.29) is 17.8 Å². The molecule has 30 heavy (non-hydrogen) atoms. The second kappa shape index (κ2) is 10.00. The zero-order valence-corrected chi connectivity index (χ0v) is 19.0. The van der Waals surface area contributed by atoms with Gasteiger partial charge in [0, 0.05) is 12.2 Å². The lowest BCUT2D eigenvalue weighted by atomic mass is 10.2. The van der Waals surface area contributed by atoms with Crippen LogP contribution in [0.1, 0.15) is 36.9 Å². The van der Waals surface area contributed by atoms with Gasteiger partial charge < -0.3 is 14.6 Å². The number of amides is 1. The number of ether oxygens (including phenoxy) is 1. The second-order valence-corrected chi connectivity index (χ2v) is 8.33. The first-order valence-corrected chi connectivity index (χ1v) is 11.1. The van der Waals surface area contributed by atoms with Crippen molar-refractivity contribution in [3.8, 4) is 5.75 Å². The lowest BCUT2D eigenvalue weighted by Crippen LogP contribution is -2.15. The number of halogens is 1. The third-order valence-electron chi connectivity index (χ3n) is 4.48. The standard InChI is InChI=1S/C22H25ClN4O2S/c1-5-27-21(16(4)29-19-12-15(3)8-11-18(19)23)25-26-22(27)30-13-20(28)24-17-9-6-14(2)7-10-17/h6-12,16H,5,13H2,1-4H3,(H,24,28). The van der Waals surface area contributed by atoms with Crippen molar-refractivity contribution >= 4 is 35.0 Å². The molecule has 0 aliphatic rings. The molecule has 3 aromatic rings. The van der Waals surface area contributed by atoms with E-state index in [1.807, 2.05) is 74.7 Å². The molecule has 1 amide bonds. The fraction of sp³-hybridized carbons (Fsp3) is 0.318. The minimum absolute atomic E-state index is 0.0908. The summed E-state index contributed by atoms with van der Waals surface area (Å²) in [6.45, 7) is 8.58. The van der Waals surface area contributed by atoms with E-state index in [1.165, 1.54) is 11.8 Å². The molecule has 0 spiro atoms. The molecule has 8 heteroatoms. The summed E-state index contributed by atoms with van der Waals surface area (Å²) in [4.78, 5) is 12.3. The van der Waals surface area contributed by atoms with Crippen molar-refractivity contribution in [3.63, 3.8) is 0 Å². The first-order chi connectivity index (χ1) is 14.4. The third kappa shape index (κ3) is 5.55. The summed E-state index contributed by atoms with van der Waals surface area (Å²) in [5.41, 5.74) is 2.99. The van der Waals surface area contributed by atoms with Gasteiger partial charge in [-0.3, -0.25) is 4.79 Å². The Bertz CT molecular complexity index is 1020. The molecule has 158 valence electrons. The van der Waals surface area contributed by atoms with Crippen molar-refractivity contribution in [1.29, 1.82) is 0 Å². The van der Waals surface area contributed by atoms with Crippen LogP contribution in [0.15, 0.2) is 47.6 Å². The second-order valence-electron chi connectivity index (χ2n) is 6.98. The molecule has 0 radical (unpaired) electrons. The minimum Gasteiger partial charge on any atom is -0.481 e. The van der Waals surface area contributed by atoms with Gasteiger partial charge in [-0.1, -0.05) is 47.1 Å². The van der Waals surface area contributed by atoms with Gasteiger partial charge in [0.25, 0.3) is 0 Å². The Labute approximate surface area is 186 Å². The van der Waals surface area contributed by atoms with Crippen LogP contribution in [0.3, 0.4) is 0 Å². The Kier molecular flexibility index (Phi) is 7.39. The van der Waals surface area contributed by atoms with Gasteiger partial charge in [-0.2, -0.15) is 0 Å². The van der Waals surface area contributed by atoms with Crippen molar-refractivity contribution in [2.45, 2.75) is 45.5 Å². The van der Waals surface area contributed by atoms with Gasteiger partial charge in [0.2, 0.25) is 5.91 Å². The molecule has 1 N–H and O–H groups in total. The summed E-state index contributed by atoms with van der Waals surface area (Å²) in [7, 11) is 0. The van der Waals surface area contributed by atoms with Crippen LogP contribution in [0.2, 0.25) is 5.02 Å². The topological polar surface area (TPSA) is 69.0 Å². The Balaban J connectivity index is 1.65. The summed E-state index contributed by atoms with van der Waals surface area (Å²) in [5.74, 6) is 1.45. The normalized spacial score (nSPS) is 11.9. The number of aromatic nitrogens is 3. The van der Waals surface area contributed by atoms with Gasteiger partial charge in [0.15, 0.2) is 17.1 Å². The van der Waals surface area contributed by atoms with E-state index in [1.54, 1.807) is 0 Å². The zero-order valence-electron chi connectivity index (χ0n) is 17.5. The van der Waals surface area contributed by atoms with E-state index < -0.39 is 0 Å². The number of carbonyl (C=O) groups is 1. The quantitative estimate of drug-likeness (QED) is 0.468. The molecular weight excluding hydrogens is 420 g/mol. The Morgan fingerprint density at radius 2 is 1.87 bits per heavy atom. The highest BCUT2D eigenvalue weighted by Gasteiger charge is 2.20. The largest absolute Gasteiger partial charge is 0.481 e. The predicted octanol–water partition coefficient (Wildman–Crippen LogP) is 5.44. The van der Waals surface area contributed by atoms with E-state index in [4.69, 9.17) is 16.3 Å². The maximum Gasteiger partial charge on any atom is 0.234 e. The Hall–Kier alpha value is -2.51. The average Bonchev–Trinajstić information content (AvgIpc) is 3.14. The average molecular weight is 445 g/mol. The van der Waals surface area contributed by atoms with Crippen LogP contribution in [0, 0.1) is 13.8 Å². The molecule has 1 aromatic heterocycles. The molecular formula is C22H25ClN4O2S. The summed E-state index contributed by atoms with van der Waals surface area (Å²) in [6, 6.07) is 13.4. The number of thioether (sulfide) groups is 1. The third-order valence-corrected chi connectivity index (χ3v) is 5.76. The van der Waals surface area contributed by atoms with Gasteiger partial charge in [0.05, 0.1) is 10.8 Å². The van der Waals surface area contributed by atoms with Crippen LogP contribution in [-0.2, 0) is 11.3 Å². The number of aryl methyl sites for hydroxylation is 2. The number of benzene rings is 2. The summed E-state index contributed by atoms with van der Waals surface area (Å²) < 4.78 is 7.99. The molecule has 3 rings (SSSR count). The summed E-state index contributed by atoms with van der Waals surface area (Å²) in [5, 5.41) is 12.7. The van der Waals surface area contributed by atoms with Gasteiger partial charge in [-0.25, -0.2) is 0 Å². The number of carbonyl (C=O) groups excluding carboxylic acids is 1. The van der Waals surface area contributed by atoms with Crippen molar-refractivity contribution in [2.75, 3.05) is 11.1 Å². The molecule has 1 heterocycles. The molecule has 0 aliphatic heterocycles. The fourth-order valence-corrected chi connectivity index (χ4v) is 3.88. The van der Waals surface area contributed by atoms with Gasteiger partial charge >= 0.3 is 0 Å². The van der Waals surface area contributed by atoms with Crippen LogP contribution in [0.5, 0.6) is 5.75 Å². The lowest BCUT2D eigenvalue weighted by molar-refractivity contribution is -0.113. The molecule has 2 aromatic carbocycles. The maximum atomic E-state index is 12.3. The Morgan fingerprint density at radius 3 is 2.57 bits per heavy atom. The highest BCUT2D eigenvalue weighted by molar-refractivity contribution is 7.99.